The SMILES string of the molecule is CCCCCCCCCCCCCCCCCCCCCCC/C=C/CC/C=C/CC/C=C/C(O)C(COC1OC(CO)C(OC2OC(CO)C(O)C(O)C2O)C(O)C1O)NC(=O)CCCCCCCC. The molecule has 71 heavy (non-hydrogen) atoms. The minimum absolute atomic E-state index is 0.263. The van der Waals surface area contributed by atoms with Crippen LogP contribution >= 0.6 is 0 Å². The molecule has 0 bridgehead atoms. The third-order valence-electron chi connectivity index (χ3n) is 14.1. The summed E-state index contributed by atoms with van der Waals surface area (Å²) < 4.78 is 22.6. The molecule has 14 nitrogen and oxygen atoms in total. The fourth-order valence-electron chi connectivity index (χ4n) is 9.38. The Morgan fingerprint density at radius 2 is 0.901 bits per heavy atom. The molecule has 2 saturated heterocycles. The van der Waals surface area contributed by atoms with E-state index < -0.39 is 86.8 Å². The van der Waals surface area contributed by atoms with Crippen molar-refractivity contribution in [3.63, 3.8) is 0 Å². The average molecular weight is 1010 g/mol. The third-order valence-corrected chi connectivity index (χ3v) is 14.1. The molecule has 0 aromatic carbocycles. The first kappa shape index (κ1) is 65.3. The number of rotatable bonds is 45. The van der Waals surface area contributed by atoms with E-state index in [0.717, 1.165) is 57.8 Å². The highest BCUT2D eigenvalue weighted by Crippen LogP contribution is 2.30. The van der Waals surface area contributed by atoms with Crippen molar-refractivity contribution in [1.29, 1.82) is 0 Å². The maximum atomic E-state index is 13.0. The van der Waals surface area contributed by atoms with Gasteiger partial charge in [-0.1, -0.05) is 211 Å². The molecule has 14 heteroatoms. The summed E-state index contributed by atoms with van der Waals surface area (Å²) in [6.07, 6.45) is 35.6. The summed E-state index contributed by atoms with van der Waals surface area (Å²) >= 11 is 0. The zero-order chi connectivity index (χ0) is 51.7. The molecule has 12 atom stereocenters. The van der Waals surface area contributed by atoms with E-state index in [1.54, 1.807) is 6.08 Å². The number of carbonyl (C=O) groups excluding carboxylic acids is 1. The first-order valence-electron chi connectivity index (χ1n) is 28.7. The Hall–Kier alpha value is -1.79. The fraction of sp³-hybridized carbons (Fsp3) is 0.877. The van der Waals surface area contributed by atoms with E-state index in [1.807, 2.05) is 6.08 Å². The van der Waals surface area contributed by atoms with Crippen molar-refractivity contribution in [3.05, 3.63) is 36.5 Å². The molecule has 1 amide bonds. The molecule has 0 saturated carbocycles. The van der Waals surface area contributed by atoms with Crippen LogP contribution in [-0.2, 0) is 23.7 Å². The lowest BCUT2D eigenvalue weighted by Crippen LogP contribution is -2.65. The molecular formula is C57H105NO13. The highest BCUT2D eigenvalue weighted by Gasteiger charge is 2.51. The number of unbranched alkanes of at least 4 members (excludes halogenated alkanes) is 28. The van der Waals surface area contributed by atoms with Crippen LogP contribution in [0, 0.1) is 0 Å². The molecule has 0 aliphatic carbocycles. The lowest BCUT2D eigenvalue weighted by Gasteiger charge is -2.46. The Kier molecular flexibility index (Phi) is 40.0. The van der Waals surface area contributed by atoms with Crippen LogP contribution in [0.4, 0.5) is 0 Å². The predicted octanol–water partition coefficient (Wildman–Crippen LogP) is 9.05. The summed E-state index contributed by atoms with van der Waals surface area (Å²) in [5.41, 5.74) is 0. The van der Waals surface area contributed by atoms with Crippen LogP contribution in [0.1, 0.15) is 226 Å². The Balaban J connectivity index is 1.65. The van der Waals surface area contributed by atoms with Gasteiger partial charge in [-0.15, -0.1) is 0 Å². The molecule has 0 radical (unpaired) electrons. The van der Waals surface area contributed by atoms with E-state index in [9.17, 15) is 45.6 Å². The van der Waals surface area contributed by atoms with Crippen LogP contribution < -0.4 is 5.32 Å². The summed E-state index contributed by atoms with van der Waals surface area (Å²) in [4.78, 5) is 13.0. The smallest absolute Gasteiger partial charge is 0.220 e. The van der Waals surface area contributed by atoms with Gasteiger partial charge in [-0.2, -0.15) is 0 Å². The topological polar surface area (TPSA) is 228 Å². The quantitative estimate of drug-likeness (QED) is 0.0205. The fourth-order valence-corrected chi connectivity index (χ4v) is 9.38. The molecule has 2 aliphatic rings. The van der Waals surface area contributed by atoms with Gasteiger partial charge in [0.1, 0.15) is 48.8 Å². The zero-order valence-corrected chi connectivity index (χ0v) is 44.5. The highest BCUT2D eigenvalue weighted by atomic mass is 16.7. The van der Waals surface area contributed by atoms with Gasteiger partial charge in [0.2, 0.25) is 5.91 Å². The molecule has 2 rings (SSSR count). The van der Waals surface area contributed by atoms with Crippen LogP contribution in [0.2, 0.25) is 0 Å². The van der Waals surface area contributed by atoms with Crippen molar-refractivity contribution in [2.45, 2.75) is 299 Å². The van der Waals surface area contributed by atoms with Crippen molar-refractivity contribution in [1.82, 2.24) is 5.32 Å². The number of amides is 1. The summed E-state index contributed by atoms with van der Waals surface area (Å²) in [7, 11) is 0. The van der Waals surface area contributed by atoms with Gasteiger partial charge in [-0.25, -0.2) is 0 Å². The summed E-state index contributed by atoms with van der Waals surface area (Å²) in [5, 5.41) is 86.5. The number of ether oxygens (including phenoxy) is 4. The number of nitrogens with one attached hydrogen (secondary N) is 1. The van der Waals surface area contributed by atoms with Gasteiger partial charge in [-0.3, -0.25) is 4.79 Å². The van der Waals surface area contributed by atoms with Crippen LogP contribution in [0.15, 0.2) is 36.5 Å². The average Bonchev–Trinajstić information content (AvgIpc) is 3.37. The van der Waals surface area contributed by atoms with E-state index in [2.05, 4.69) is 43.5 Å². The third kappa shape index (κ3) is 29.8. The van der Waals surface area contributed by atoms with Crippen molar-refractivity contribution in [2.24, 2.45) is 0 Å². The standard InChI is InChI=1S/C57H105NO13/c1-3-5-7-9-11-12-13-14-15-16-17-18-19-20-21-22-23-24-25-26-27-28-29-30-31-32-33-34-35-36-38-40-46(61)45(58-49(62)41-39-37-10-8-6-4-2)44-68-56-54(67)52(65)55(48(43-60)70-56)71-57-53(66)51(64)50(63)47(42-59)69-57/h29-30,33-34,38,40,45-48,50-57,59-61,63-67H,3-28,31-32,35-37,39,41-44H2,1-2H3,(H,58,62)/b30-29+,34-33+,40-38+. The second-order valence-electron chi connectivity index (χ2n) is 20.4. The molecular weight excluding hydrogens is 907 g/mol. The summed E-state index contributed by atoms with van der Waals surface area (Å²) in [5.74, 6) is -0.263. The van der Waals surface area contributed by atoms with Crippen LogP contribution in [0.25, 0.3) is 0 Å². The second-order valence-corrected chi connectivity index (χ2v) is 20.4. The second kappa shape index (κ2) is 43.4. The maximum absolute atomic E-state index is 13.0. The van der Waals surface area contributed by atoms with E-state index in [4.69, 9.17) is 18.9 Å². The largest absolute Gasteiger partial charge is 0.394 e. The first-order chi connectivity index (χ1) is 34.6. The Bertz CT molecular complexity index is 1330. The molecule has 2 fully saturated rings. The Labute approximate surface area is 430 Å². The highest BCUT2D eigenvalue weighted by molar-refractivity contribution is 5.76. The number of hydrogen-bond acceptors (Lipinski definition) is 13. The van der Waals surface area contributed by atoms with Crippen LogP contribution in [0.3, 0.4) is 0 Å². The van der Waals surface area contributed by atoms with Crippen molar-refractivity contribution < 1.29 is 64.6 Å². The van der Waals surface area contributed by atoms with Gasteiger partial charge in [0.25, 0.3) is 0 Å². The van der Waals surface area contributed by atoms with Crippen molar-refractivity contribution in [3.8, 4) is 0 Å². The van der Waals surface area contributed by atoms with Gasteiger partial charge in [0, 0.05) is 6.42 Å². The number of hydrogen-bond donors (Lipinski definition) is 9. The molecule has 12 unspecified atom stereocenters. The number of aliphatic hydroxyl groups is 8. The minimum atomic E-state index is -1.79. The minimum Gasteiger partial charge on any atom is -0.394 e. The van der Waals surface area contributed by atoms with E-state index >= 15 is 0 Å². The van der Waals surface area contributed by atoms with E-state index in [1.165, 1.54) is 135 Å². The van der Waals surface area contributed by atoms with Crippen molar-refractivity contribution >= 4 is 5.91 Å². The van der Waals surface area contributed by atoms with E-state index in [-0.39, 0.29) is 18.9 Å². The molecule has 0 spiro atoms. The maximum Gasteiger partial charge on any atom is 0.220 e. The first-order valence-corrected chi connectivity index (χ1v) is 28.7. The van der Waals surface area contributed by atoms with Gasteiger partial charge in [0.15, 0.2) is 12.6 Å². The molecule has 416 valence electrons. The molecule has 0 aromatic heterocycles. The zero-order valence-electron chi connectivity index (χ0n) is 44.5. The lowest BCUT2D eigenvalue weighted by atomic mass is 9.97. The van der Waals surface area contributed by atoms with Crippen LogP contribution in [0.5, 0.6) is 0 Å². The normalized spacial score (nSPS) is 26.0. The Morgan fingerprint density at radius 1 is 0.493 bits per heavy atom. The number of aliphatic hydroxyl groups excluding tert-OH is 8. The summed E-state index contributed by atoms with van der Waals surface area (Å²) in [6.45, 7) is 2.69. The van der Waals surface area contributed by atoms with E-state index in [0.29, 0.717) is 12.8 Å². The van der Waals surface area contributed by atoms with Gasteiger partial charge >= 0.3 is 0 Å². The number of allylic oxidation sites excluding steroid dienone is 5. The molecule has 0 aromatic rings. The van der Waals surface area contributed by atoms with Gasteiger partial charge in [0.05, 0.1) is 32.0 Å². The van der Waals surface area contributed by atoms with Crippen molar-refractivity contribution in [2.75, 3.05) is 19.8 Å². The molecule has 9 N–H and O–H groups in total. The predicted molar refractivity (Wildman–Crippen MR) is 281 cm³/mol. The van der Waals surface area contributed by atoms with Gasteiger partial charge in [-0.05, 0) is 44.9 Å². The molecule has 2 heterocycles. The summed E-state index contributed by atoms with van der Waals surface area (Å²) in [6, 6.07) is -0.932. The van der Waals surface area contributed by atoms with Crippen LogP contribution in [-0.4, -0.2) is 140 Å². The monoisotopic (exact) mass is 1010 g/mol. The lowest BCUT2D eigenvalue weighted by molar-refractivity contribution is -0.359. The Morgan fingerprint density at radius 3 is 1.38 bits per heavy atom. The van der Waals surface area contributed by atoms with Gasteiger partial charge < -0.3 is 65.1 Å². The molecule has 2 aliphatic heterocycles. The number of carbonyl (C=O) groups is 1.